The second kappa shape index (κ2) is 6.56. The molecule has 0 amide bonds. The third-order valence-electron chi connectivity index (χ3n) is 2.19. The molecule has 4 heteroatoms. The molecule has 0 radical (unpaired) electrons. The summed E-state index contributed by atoms with van der Waals surface area (Å²) in [5, 5.41) is 6.51. The Labute approximate surface area is 96.1 Å². The fourth-order valence-electron chi connectivity index (χ4n) is 1.31. The zero-order chi connectivity index (χ0) is 11.1. The molecule has 0 saturated carbocycles. The van der Waals surface area contributed by atoms with Gasteiger partial charge in [0.1, 0.15) is 0 Å². The first kappa shape index (κ1) is 12.2. The lowest BCUT2D eigenvalue weighted by Crippen LogP contribution is -2.16. The molecule has 1 aromatic rings. The molecule has 1 heterocycles. The van der Waals surface area contributed by atoms with Crippen LogP contribution in [0.3, 0.4) is 0 Å². The Morgan fingerprint density at radius 1 is 1.40 bits per heavy atom. The SMILES string of the molecule is CNc1cncc(NC(C)CCSC)c1. The maximum Gasteiger partial charge on any atom is 0.0549 e. The van der Waals surface area contributed by atoms with Gasteiger partial charge in [0.15, 0.2) is 0 Å². The fourth-order valence-corrected chi connectivity index (χ4v) is 1.90. The average Bonchev–Trinajstić information content (AvgIpc) is 2.26. The van der Waals surface area contributed by atoms with E-state index < -0.39 is 0 Å². The molecule has 0 aliphatic carbocycles. The van der Waals surface area contributed by atoms with Gasteiger partial charge >= 0.3 is 0 Å². The van der Waals surface area contributed by atoms with Crippen LogP contribution in [-0.4, -0.2) is 30.1 Å². The van der Waals surface area contributed by atoms with Gasteiger partial charge < -0.3 is 10.6 Å². The van der Waals surface area contributed by atoms with Gasteiger partial charge in [-0.3, -0.25) is 4.98 Å². The molecule has 0 fully saturated rings. The van der Waals surface area contributed by atoms with Crippen LogP contribution in [0.1, 0.15) is 13.3 Å². The highest BCUT2D eigenvalue weighted by atomic mass is 32.2. The van der Waals surface area contributed by atoms with Crippen LogP contribution in [0.15, 0.2) is 18.5 Å². The molecule has 0 saturated heterocycles. The monoisotopic (exact) mass is 225 g/mol. The topological polar surface area (TPSA) is 37.0 Å². The van der Waals surface area contributed by atoms with Crippen molar-refractivity contribution in [3.8, 4) is 0 Å². The molecular weight excluding hydrogens is 206 g/mol. The van der Waals surface area contributed by atoms with Crippen LogP contribution in [-0.2, 0) is 0 Å². The minimum absolute atomic E-state index is 0.492. The minimum atomic E-state index is 0.492. The lowest BCUT2D eigenvalue weighted by atomic mass is 10.2. The molecule has 1 unspecified atom stereocenters. The standard InChI is InChI=1S/C11H19N3S/c1-9(4-5-15-3)14-11-6-10(12-2)7-13-8-11/h6-9,12,14H,4-5H2,1-3H3. The minimum Gasteiger partial charge on any atom is -0.387 e. The fraction of sp³-hybridized carbons (Fsp3) is 0.545. The number of nitrogens with zero attached hydrogens (tertiary/aromatic N) is 1. The summed E-state index contributed by atoms with van der Waals surface area (Å²) in [5.74, 6) is 1.19. The number of pyridine rings is 1. The average molecular weight is 225 g/mol. The van der Waals surface area contributed by atoms with Crippen LogP contribution < -0.4 is 10.6 Å². The van der Waals surface area contributed by atoms with Gasteiger partial charge in [-0.15, -0.1) is 0 Å². The molecule has 0 aliphatic rings. The highest BCUT2D eigenvalue weighted by Crippen LogP contribution is 2.14. The predicted octanol–water partition coefficient (Wildman–Crippen LogP) is 2.68. The van der Waals surface area contributed by atoms with Crippen molar-refractivity contribution in [3.05, 3.63) is 18.5 Å². The molecule has 1 rings (SSSR count). The summed E-state index contributed by atoms with van der Waals surface area (Å²) in [6.07, 6.45) is 6.98. The summed E-state index contributed by atoms with van der Waals surface area (Å²) in [5.41, 5.74) is 2.12. The summed E-state index contributed by atoms with van der Waals surface area (Å²) in [6, 6.07) is 2.56. The third kappa shape index (κ3) is 4.42. The van der Waals surface area contributed by atoms with Gasteiger partial charge in [-0.25, -0.2) is 0 Å². The Balaban J connectivity index is 2.48. The van der Waals surface area contributed by atoms with Crippen molar-refractivity contribution in [3.63, 3.8) is 0 Å². The maximum absolute atomic E-state index is 4.16. The van der Waals surface area contributed by atoms with Gasteiger partial charge in [0.2, 0.25) is 0 Å². The molecule has 2 N–H and O–H groups in total. The molecule has 0 aromatic carbocycles. The van der Waals surface area contributed by atoms with E-state index in [4.69, 9.17) is 0 Å². The van der Waals surface area contributed by atoms with Crippen LogP contribution in [0.4, 0.5) is 11.4 Å². The van der Waals surface area contributed by atoms with Crippen molar-refractivity contribution < 1.29 is 0 Å². The maximum atomic E-state index is 4.16. The Morgan fingerprint density at radius 2 is 2.13 bits per heavy atom. The molecule has 3 nitrogen and oxygen atoms in total. The number of rotatable bonds is 6. The highest BCUT2D eigenvalue weighted by Gasteiger charge is 2.01. The van der Waals surface area contributed by atoms with Gasteiger partial charge in [-0.05, 0) is 31.4 Å². The molecule has 15 heavy (non-hydrogen) atoms. The van der Waals surface area contributed by atoms with Crippen molar-refractivity contribution in [2.24, 2.45) is 0 Å². The smallest absolute Gasteiger partial charge is 0.0549 e. The van der Waals surface area contributed by atoms with Gasteiger partial charge in [-0.1, -0.05) is 0 Å². The molecule has 1 aromatic heterocycles. The normalized spacial score (nSPS) is 12.2. The summed E-state index contributed by atoms with van der Waals surface area (Å²) in [7, 11) is 1.90. The van der Waals surface area contributed by atoms with Crippen molar-refractivity contribution in [1.82, 2.24) is 4.98 Å². The van der Waals surface area contributed by atoms with Gasteiger partial charge in [0.05, 0.1) is 23.8 Å². The number of hydrogen-bond donors (Lipinski definition) is 2. The first-order valence-corrected chi connectivity index (χ1v) is 6.54. The highest BCUT2D eigenvalue weighted by molar-refractivity contribution is 7.98. The number of anilines is 2. The van der Waals surface area contributed by atoms with Crippen LogP contribution >= 0.6 is 11.8 Å². The number of hydrogen-bond acceptors (Lipinski definition) is 4. The van der Waals surface area contributed by atoms with E-state index in [1.807, 2.05) is 31.2 Å². The Hall–Kier alpha value is -0.900. The molecule has 0 bridgehead atoms. The van der Waals surface area contributed by atoms with Gasteiger partial charge in [-0.2, -0.15) is 11.8 Å². The van der Waals surface area contributed by atoms with Crippen molar-refractivity contribution in [1.29, 1.82) is 0 Å². The second-order valence-corrected chi connectivity index (χ2v) is 4.52. The number of nitrogens with one attached hydrogen (secondary N) is 2. The lowest BCUT2D eigenvalue weighted by Gasteiger charge is -2.14. The van der Waals surface area contributed by atoms with Crippen molar-refractivity contribution >= 4 is 23.1 Å². The second-order valence-electron chi connectivity index (χ2n) is 3.54. The first-order chi connectivity index (χ1) is 7.26. The van der Waals surface area contributed by atoms with E-state index in [2.05, 4.69) is 34.9 Å². The van der Waals surface area contributed by atoms with Gasteiger partial charge in [0.25, 0.3) is 0 Å². The summed E-state index contributed by atoms with van der Waals surface area (Å²) < 4.78 is 0. The Bertz CT molecular complexity index is 291. The van der Waals surface area contributed by atoms with E-state index in [9.17, 15) is 0 Å². The van der Waals surface area contributed by atoms with E-state index in [1.165, 1.54) is 12.2 Å². The van der Waals surface area contributed by atoms with Crippen molar-refractivity contribution in [2.45, 2.75) is 19.4 Å². The van der Waals surface area contributed by atoms with Crippen molar-refractivity contribution in [2.75, 3.05) is 29.7 Å². The van der Waals surface area contributed by atoms with Crippen LogP contribution in [0.25, 0.3) is 0 Å². The lowest BCUT2D eigenvalue weighted by molar-refractivity contribution is 0.771. The van der Waals surface area contributed by atoms with E-state index in [0.29, 0.717) is 6.04 Å². The zero-order valence-corrected chi connectivity index (χ0v) is 10.4. The summed E-state index contributed by atoms with van der Waals surface area (Å²) in [6.45, 7) is 2.20. The molecule has 0 spiro atoms. The van der Waals surface area contributed by atoms with Crippen LogP contribution in [0.2, 0.25) is 0 Å². The molecule has 84 valence electrons. The van der Waals surface area contributed by atoms with Crippen LogP contribution in [0.5, 0.6) is 0 Å². The van der Waals surface area contributed by atoms with Gasteiger partial charge in [0, 0.05) is 13.1 Å². The molecule has 0 aliphatic heterocycles. The summed E-state index contributed by atoms with van der Waals surface area (Å²) >= 11 is 1.88. The molecular formula is C11H19N3S. The predicted molar refractivity (Wildman–Crippen MR) is 69.9 cm³/mol. The summed E-state index contributed by atoms with van der Waals surface area (Å²) in [4.78, 5) is 4.16. The molecule has 1 atom stereocenters. The van der Waals surface area contributed by atoms with E-state index in [0.717, 1.165) is 11.4 Å². The Kier molecular flexibility index (Phi) is 5.32. The quantitative estimate of drug-likeness (QED) is 0.780. The first-order valence-electron chi connectivity index (χ1n) is 5.14. The number of aromatic nitrogens is 1. The number of thioether (sulfide) groups is 1. The zero-order valence-electron chi connectivity index (χ0n) is 9.58. The largest absolute Gasteiger partial charge is 0.387 e. The van der Waals surface area contributed by atoms with E-state index >= 15 is 0 Å². The van der Waals surface area contributed by atoms with Crippen LogP contribution in [0, 0.1) is 0 Å². The third-order valence-corrected chi connectivity index (χ3v) is 2.84. The van der Waals surface area contributed by atoms with E-state index in [1.54, 1.807) is 0 Å². The van der Waals surface area contributed by atoms with E-state index in [-0.39, 0.29) is 0 Å². The Morgan fingerprint density at radius 3 is 2.80 bits per heavy atom.